The molecule has 2 N–H and O–H groups in total. The van der Waals surface area contributed by atoms with Gasteiger partial charge in [0.25, 0.3) is 0 Å². The molecular formula is C27H27ClN8O2. The van der Waals surface area contributed by atoms with E-state index in [1.54, 1.807) is 12.1 Å². The number of nitrogens with zero attached hydrogens (tertiary/aromatic N) is 7. The Hall–Kier alpha value is -4.23. The molecule has 0 unspecified atom stereocenters. The summed E-state index contributed by atoms with van der Waals surface area (Å²) >= 11 is 5.92. The van der Waals surface area contributed by atoms with Crippen molar-refractivity contribution in [1.29, 1.82) is 5.26 Å². The topological polar surface area (TPSA) is 133 Å². The summed E-state index contributed by atoms with van der Waals surface area (Å²) in [6, 6.07) is 11.0. The zero-order valence-corrected chi connectivity index (χ0v) is 22.1. The summed E-state index contributed by atoms with van der Waals surface area (Å²) in [4.78, 5) is 27.5. The minimum absolute atomic E-state index is 0.105. The Balaban J connectivity index is 1.49. The first kappa shape index (κ1) is 25.4. The number of nitriles is 1. The van der Waals surface area contributed by atoms with Crippen molar-refractivity contribution in [1.82, 2.24) is 24.7 Å². The Labute approximate surface area is 224 Å². The number of rotatable bonds is 6. The van der Waals surface area contributed by atoms with Crippen LogP contribution in [0.15, 0.2) is 36.5 Å². The fourth-order valence-electron chi connectivity index (χ4n) is 5.15. The lowest BCUT2D eigenvalue weighted by Gasteiger charge is -2.33. The zero-order valence-electron chi connectivity index (χ0n) is 21.3. The monoisotopic (exact) mass is 530 g/mol. The van der Waals surface area contributed by atoms with Crippen molar-refractivity contribution in [2.75, 3.05) is 23.3 Å². The van der Waals surface area contributed by atoms with E-state index in [2.05, 4.69) is 37.4 Å². The Kier molecular flexibility index (Phi) is 6.87. The number of benzene rings is 1. The van der Waals surface area contributed by atoms with Gasteiger partial charge >= 0.3 is 5.97 Å². The molecule has 11 heteroatoms. The number of hydrogen-bond acceptors (Lipinski definition) is 8. The van der Waals surface area contributed by atoms with Gasteiger partial charge in [-0.25, -0.2) is 19.7 Å². The summed E-state index contributed by atoms with van der Waals surface area (Å²) < 4.78 is 1.92. The van der Waals surface area contributed by atoms with Crippen molar-refractivity contribution < 1.29 is 9.90 Å². The van der Waals surface area contributed by atoms with Crippen molar-refractivity contribution in [3.63, 3.8) is 0 Å². The number of halogens is 1. The summed E-state index contributed by atoms with van der Waals surface area (Å²) in [7, 11) is 1.96. The standard InChI is InChI=1S/C27H27ClN8O2/c1-15-12-18(16(2)31-19-4-5-23(28)33-25(19)27(37)38)24-20(13-15)32-21(14-29)26(34-24)36-10-7-17(8-11-36)22-6-9-30-35(22)3/h4-6,9,12-13,16-17,31H,7-8,10-11H2,1-3H3,(H,37,38)/t16-/m1/s1. The molecule has 4 aromatic rings. The third-order valence-electron chi connectivity index (χ3n) is 7.01. The van der Waals surface area contributed by atoms with Gasteiger partial charge in [-0.15, -0.1) is 0 Å². The van der Waals surface area contributed by atoms with Crippen LogP contribution in [-0.4, -0.2) is 48.9 Å². The van der Waals surface area contributed by atoms with Gasteiger partial charge in [0.05, 0.1) is 22.8 Å². The van der Waals surface area contributed by atoms with E-state index in [4.69, 9.17) is 16.6 Å². The minimum atomic E-state index is -1.17. The van der Waals surface area contributed by atoms with Gasteiger partial charge in [0, 0.05) is 43.5 Å². The lowest BCUT2D eigenvalue weighted by molar-refractivity contribution is 0.0691. The van der Waals surface area contributed by atoms with Gasteiger partial charge in [0.1, 0.15) is 11.2 Å². The van der Waals surface area contributed by atoms with Gasteiger partial charge in [0.15, 0.2) is 17.2 Å². The molecule has 1 aliphatic heterocycles. The first-order chi connectivity index (χ1) is 18.2. The van der Waals surface area contributed by atoms with Gasteiger partial charge < -0.3 is 15.3 Å². The van der Waals surface area contributed by atoms with Crippen LogP contribution in [0.5, 0.6) is 0 Å². The molecule has 1 aliphatic rings. The molecule has 0 spiro atoms. The average Bonchev–Trinajstić information content (AvgIpc) is 3.34. The molecule has 38 heavy (non-hydrogen) atoms. The fourth-order valence-corrected chi connectivity index (χ4v) is 5.29. The number of aryl methyl sites for hydroxylation is 2. The maximum atomic E-state index is 11.7. The zero-order chi connectivity index (χ0) is 27.0. The number of carboxylic acid groups (broad SMARTS) is 1. The first-order valence-corrected chi connectivity index (χ1v) is 12.7. The van der Waals surface area contributed by atoms with Crippen LogP contribution < -0.4 is 10.2 Å². The number of aromatic nitrogens is 5. The van der Waals surface area contributed by atoms with Crippen molar-refractivity contribution in [2.45, 2.75) is 38.6 Å². The van der Waals surface area contributed by atoms with Crippen LogP contribution in [0, 0.1) is 18.3 Å². The van der Waals surface area contributed by atoms with E-state index in [1.807, 2.05) is 43.9 Å². The SMILES string of the molecule is Cc1cc([C@@H](C)Nc2ccc(Cl)nc2C(=O)O)c2nc(N3CCC(c4ccnn4C)CC3)c(C#N)nc2c1. The number of carboxylic acids is 1. The highest BCUT2D eigenvalue weighted by atomic mass is 35.5. The molecule has 3 aromatic heterocycles. The number of anilines is 2. The highest BCUT2D eigenvalue weighted by molar-refractivity contribution is 6.29. The van der Waals surface area contributed by atoms with Crippen LogP contribution in [0.1, 0.15) is 64.7 Å². The van der Waals surface area contributed by atoms with Gasteiger partial charge in [-0.05, 0) is 56.5 Å². The van der Waals surface area contributed by atoms with Crippen molar-refractivity contribution in [3.05, 3.63) is 69.9 Å². The number of pyridine rings is 1. The average molecular weight is 531 g/mol. The Morgan fingerprint density at radius 1 is 1.21 bits per heavy atom. The summed E-state index contributed by atoms with van der Waals surface area (Å²) in [5.74, 6) is -0.205. The van der Waals surface area contributed by atoms with E-state index in [0.717, 1.165) is 37.1 Å². The molecule has 0 saturated carbocycles. The lowest BCUT2D eigenvalue weighted by Crippen LogP contribution is -2.34. The van der Waals surface area contributed by atoms with Crippen LogP contribution in [0.4, 0.5) is 11.5 Å². The molecule has 1 fully saturated rings. The molecule has 1 aromatic carbocycles. The van der Waals surface area contributed by atoms with Crippen LogP contribution in [0.25, 0.3) is 11.0 Å². The highest BCUT2D eigenvalue weighted by Gasteiger charge is 2.27. The third-order valence-corrected chi connectivity index (χ3v) is 7.22. The second kappa shape index (κ2) is 10.3. The van der Waals surface area contributed by atoms with Crippen LogP contribution >= 0.6 is 11.6 Å². The quantitative estimate of drug-likeness (QED) is 0.335. The Morgan fingerprint density at radius 3 is 2.63 bits per heavy atom. The molecule has 0 bridgehead atoms. The summed E-state index contributed by atoms with van der Waals surface area (Å²) in [5, 5.41) is 27.2. The van der Waals surface area contributed by atoms with Crippen molar-refractivity contribution in [2.24, 2.45) is 7.05 Å². The van der Waals surface area contributed by atoms with Crippen LogP contribution in [0.3, 0.4) is 0 Å². The number of carbonyl (C=O) groups is 1. The van der Waals surface area contributed by atoms with Gasteiger partial charge in [-0.2, -0.15) is 10.4 Å². The molecule has 1 saturated heterocycles. The van der Waals surface area contributed by atoms with E-state index >= 15 is 0 Å². The molecule has 4 heterocycles. The number of nitrogens with one attached hydrogen (secondary N) is 1. The Morgan fingerprint density at radius 2 is 1.97 bits per heavy atom. The first-order valence-electron chi connectivity index (χ1n) is 12.4. The molecule has 5 rings (SSSR count). The Bertz CT molecular complexity index is 1570. The van der Waals surface area contributed by atoms with Crippen molar-refractivity contribution in [3.8, 4) is 6.07 Å². The smallest absolute Gasteiger partial charge is 0.356 e. The van der Waals surface area contributed by atoms with E-state index < -0.39 is 5.97 Å². The number of fused-ring (bicyclic) bond motifs is 1. The second-order valence-corrected chi connectivity index (χ2v) is 9.96. The molecule has 1 atom stereocenters. The predicted molar refractivity (Wildman–Crippen MR) is 145 cm³/mol. The lowest BCUT2D eigenvalue weighted by atomic mass is 9.93. The molecule has 10 nitrogen and oxygen atoms in total. The van der Waals surface area contributed by atoms with Crippen LogP contribution in [0.2, 0.25) is 5.15 Å². The van der Waals surface area contributed by atoms with E-state index in [1.165, 1.54) is 5.69 Å². The van der Waals surface area contributed by atoms with Gasteiger partial charge in [-0.3, -0.25) is 4.68 Å². The van der Waals surface area contributed by atoms with Gasteiger partial charge in [-0.1, -0.05) is 17.7 Å². The van der Waals surface area contributed by atoms with E-state index in [-0.39, 0.29) is 16.9 Å². The third kappa shape index (κ3) is 4.85. The molecule has 194 valence electrons. The predicted octanol–water partition coefficient (Wildman–Crippen LogP) is 4.85. The number of piperidine rings is 1. The molecule has 0 amide bonds. The molecule has 0 radical (unpaired) electrons. The maximum absolute atomic E-state index is 11.7. The highest BCUT2D eigenvalue weighted by Crippen LogP contribution is 2.33. The maximum Gasteiger partial charge on any atom is 0.356 e. The minimum Gasteiger partial charge on any atom is -0.476 e. The normalized spacial score (nSPS) is 14.9. The summed E-state index contributed by atoms with van der Waals surface area (Å²) in [5.41, 5.74) is 4.78. The molecule has 0 aliphatic carbocycles. The van der Waals surface area contributed by atoms with E-state index in [0.29, 0.717) is 34.2 Å². The number of hydrogen-bond donors (Lipinski definition) is 2. The van der Waals surface area contributed by atoms with Crippen LogP contribution in [-0.2, 0) is 7.05 Å². The van der Waals surface area contributed by atoms with Gasteiger partial charge in [0.2, 0.25) is 0 Å². The fraction of sp³-hybridized carbons (Fsp3) is 0.333. The summed E-state index contributed by atoms with van der Waals surface area (Å²) in [6.45, 7) is 5.37. The van der Waals surface area contributed by atoms with E-state index in [9.17, 15) is 15.2 Å². The second-order valence-electron chi connectivity index (χ2n) is 9.57. The van der Waals surface area contributed by atoms with Crippen molar-refractivity contribution >= 4 is 40.1 Å². The number of aromatic carboxylic acids is 1. The molecular weight excluding hydrogens is 504 g/mol. The summed E-state index contributed by atoms with van der Waals surface area (Å²) in [6.07, 6.45) is 3.66. The largest absolute Gasteiger partial charge is 0.476 e.